The summed E-state index contributed by atoms with van der Waals surface area (Å²) in [6.07, 6.45) is 13.8. The number of ether oxygens (including phenoxy) is 1. The summed E-state index contributed by atoms with van der Waals surface area (Å²) in [4.78, 5) is 9.11. The zero-order valence-corrected chi connectivity index (χ0v) is 22.8. The Hall–Kier alpha value is -3.03. The van der Waals surface area contributed by atoms with E-state index < -0.39 is 0 Å². The van der Waals surface area contributed by atoms with Crippen LogP contribution in [-0.4, -0.2) is 50.6 Å². The van der Waals surface area contributed by atoms with Crippen LogP contribution in [-0.2, 0) is 4.74 Å². The van der Waals surface area contributed by atoms with Crippen molar-refractivity contribution in [3.8, 4) is 11.3 Å². The molecule has 2 aliphatic rings. The lowest BCUT2D eigenvalue weighted by atomic mass is 10.2. The predicted molar refractivity (Wildman–Crippen MR) is 151 cm³/mol. The van der Waals surface area contributed by atoms with Gasteiger partial charge >= 0.3 is 0 Å². The highest BCUT2D eigenvalue weighted by Crippen LogP contribution is 2.27. The molecule has 0 radical (unpaired) electrons. The van der Waals surface area contributed by atoms with E-state index in [2.05, 4.69) is 71.0 Å². The standard InChI is InChI=1S/C20H21N5.C6H12.C4H9NO/c1-14(2)25-11-8-18(23-25)16-12-20-19(22-13-16)7-10-24(20)15(3)17-6-4-5-9-21-17;1-6-4-2-3-5-6;1-3-6-4-2-5-1/h4-15H,1-3H3;6H,2-5H2,1H3;5H,1-4H2. The molecule has 2 fully saturated rings. The third kappa shape index (κ3) is 7.49. The minimum atomic E-state index is 0.143. The van der Waals surface area contributed by atoms with Crippen LogP contribution in [0, 0.1) is 5.92 Å². The maximum Gasteiger partial charge on any atom is 0.0939 e. The van der Waals surface area contributed by atoms with Crippen molar-refractivity contribution >= 4 is 11.0 Å². The highest BCUT2D eigenvalue weighted by molar-refractivity contribution is 5.80. The van der Waals surface area contributed by atoms with Gasteiger partial charge < -0.3 is 14.6 Å². The van der Waals surface area contributed by atoms with E-state index >= 15 is 0 Å². The Morgan fingerprint density at radius 3 is 2.30 bits per heavy atom. The number of hydrogen-bond acceptors (Lipinski definition) is 5. The second-order valence-electron chi connectivity index (χ2n) is 10.3. The first-order valence-corrected chi connectivity index (χ1v) is 13.7. The summed E-state index contributed by atoms with van der Waals surface area (Å²) in [6, 6.07) is 12.8. The molecule has 5 heterocycles. The molecule has 1 saturated carbocycles. The van der Waals surface area contributed by atoms with Gasteiger partial charge in [-0.3, -0.25) is 14.6 Å². The van der Waals surface area contributed by atoms with Crippen LogP contribution in [0.15, 0.2) is 61.2 Å². The van der Waals surface area contributed by atoms with Gasteiger partial charge in [-0.05, 0) is 57.0 Å². The van der Waals surface area contributed by atoms with E-state index in [-0.39, 0.29) is 6.04 Å². The van der Waals surface area contributed by atoms with Crippen LogP contribution in [0.1, 0.15) is 71.2 Å². The van der Waals surface area contributed by atoms with E-state index in [4.69, 9.17) is 4.74 Å². The number of pyridine rings is 2. The molecule has 7 nitrogen and oxygen atoms in total. The van der Waals surface area contributed by atoms with Crippen LogP contribution in [0.2, 0.25) is 0 Å². The van der Waals surface area contributed by atoms with Gasteiger partial charge in [-0.25, -0.2) is 0 Å². The Kier molecular flexibility index (Phi) is 9.85. The first-order valence-electron chi connectivity index (χ1n) is 13.7. The Bertz CT molecular complexity index is 1190. The van der Waals surface area contributed by atoms with E-state index in [1.165, 1.54) is 25.7 Å². The van der Waals surface area contributed by atoms with Crippen molar-refractivity contribution in [2.45, 2.75) is 65.5 Å². The number of morpholine rings is 1. The molecule has 0 spiro atoms. The molecule has 7 heteroatoms. The Balaban J connectivity index is 0.000000218. The van der Waals surface area contributed by atoms with Gasteiger partial charge in [0.05, 0.1) is 41.7 Å². The number of hydrogen-bond donors (Lipinski definition) is 1. The molecule has 1 aliphatic heterocycles. The summed E-state index contributed by atoms with van der Waals surface area (Å²) in [5, 5.41) is 7.82. The van der Waals surface area contributed by atoms with Gasteiger partial charge in [0.25, 0.3) is 0 Å². The largest absolute Gasteiger partial charge is 0.379 e. The van der Waals surface area contributed by atoms with Gasteiger partial charge in [0.15, 0.2) is 0 Å². The fraction of sp³-hybridized carbons (Fsp3) is 0.500. The molecule has 4 aromatic heterocycles. The molecule has 4 aromatic rings. The second kappa shape index (κ2) is 13.5. The molecular formula is C30H42N6O. The van der Waals surface area contributed by atoms with E-state index in [9.17, 15) is 0 Å². The zero-order chi connectivity index (χ0) is 26.0. The molecule has 1 saturated heterocycles. The van der Waals surface area contributed by atoms with Crippen molar-refractivity contribution in [2.75, 3.05) is 26.3 Å². The van der Waals surface area contributed by atoms with E-state index in [1.807, 2.05) is 47.5 Å². The fourth-order valence-electron chi connectivity index (χ4n) is 4.70. The quantitative estimate of drug-likeness (QED) is 0.355. The minimum absolute atomic E-state index is 0.143. The van der Waals surface area contributed by atoms with E-state index in [0.29, 0.717) is 6.04 Å². The van der Waals surface area contributed by atoms with Gasteiger partial charge in [0, 0.05) is 49.5 Å². The Labute approximate surface area is 221 Å². The lowest BCUT2D eigenvalue weighted by Crippen LogP contribution is -2.30. The molecule has 0 bridgehead atoms. The highest BCUT2D eigenvalue weighted by Gasteiger charge is 2.14. The van der Waals surface area contributed by atoms with Gasteiger partial charge in [-0.2, -0.15) is 5.10 Å². The third-order valence-electron chi connectivity index (χ3n) is 7.03. The van der Waals surface area contributed by atoms with Crippen molar-refractivity contribution in [3.05, 3.63) is 66.9 Å². The van der Waals surface area contributed by atoms with E-state index in [0.717, 1.165) is 60.2 Å². The number of rotatable bonds is 4. The average molecular weight is 503 g/mol. The summed E-state index contributed by atoms with van der Waals surface area (Å²) in [5.41, 5.74) is 5.08. The van der Waals surface area contributed by atoms with Crippen molar-refractivity contribution in [1.29, 1.82) is 0 Å². The third-order valence-corrected chi connectivity index (χ3v) is 7.03. The van der Waals surface area contributed by atoms with Crippen LogP contribution in [0.4, 0.5) is 0 Å². The molecule has 1 atom stereocenters. The molecule has 198 valence electrons. The van der Waals surface area contributed by atoms with Crippen LogP contribution >= 0.6 is 0 Å². The van der Waals surface area contributed by atoms with Gasteiger partial charge in [-0.15, -0.1) is 0 Å². The molecule has 37 heavy (non-hydrogen) atoms. The summed E-state index contributed by atoms with van der Waals surface area (Å²) >= 11 is 0. The monoisotopic (exact) mass is 502 g/mol. The number of fused-ring (bicyclic) bond motifs is 1. The SMILES string of the molecule is C1COCCN1.CC(C)n1ccc(-c2cnc3ccn(C(C)c4ccccn4)c3c2)n1.CC1CCCC1. The predicted octanol–water partition coefficient (Wildman–Crippen LogP) is 6.29. The molecule has 6 rings (SSSR count). The first kappa shape index (κ1) is 27.0. The van der Waals surface area contributed by atoms with Crippen LogP contribution in [0.25, 0.3) is 22.3 Å². The van der Waals surface area contributed by atoms with Crippen LogP contribution in [0.3, 0.4) is 0 Å². The maximum atomic E-state index is 5.01. The lowest BCUT2D eigenvalue weighted by Gasteiger charge is -2.14. The molecular weight excluding hydrogens is 460 g/mol. The molecule has 1 aliphatic carbocycles. The second-order valence-corrected chi connectivity index (χ2v) is 10.3. The van der Waals surface area contributed by atoms with Crippen molar-refractivity contribution < 1.29 is 4.74 Å². The summed E-state index contributed by atoms with van der Waals surface area (Å²) in [7, 11) is 0. The molecule has 0 aromatic carbocycles. The van der Waals surface area contributed by atoms with Gasteiger partial charge in [0.1, 0.15) is 0 Å². The summed E-state index contributed by atoms with van der Waals surface area (Å²) in [5.74, 6) is 1.05. The van der Waals surface area contributed by atoms with Gasteiger partial charge in [0.2, 0.25) is 0 Å². The van der Waals surface area contributed by atoms with Crippen molar-refractivity contribution in [2.24, 2.45) is 5.92 Å². The maximum absolute atomic E-state index is 5.01. The molecule has 1 N–H and O–H groups in total. The molecule has 0 amide bonds. The molecule has 1 unspecified atom stereocenters. The first-order chi connectivity index (χ1) is 18.0. The smallest absolute Gasteiger partial charge is 0.0939 e. The number of nitrogens with one attached hydrogen (secondary N) is 1. The average Bonchev–Trinajstić information content (AvgIpc) is 3.71. The van der Waals surface area contributed by atoms with Gasteiger partial charge in [-0.1, -0.05) is 38.7 Å². The van der Waals surface area contributed by atoms with Crippen molar-refractivity contribution in [1.82, 2.24) is 29.6 Å². The number of aromatic nitrogens is 5. The Morgan fingerprint density at radius 2 is 1.76 bits per heavy atom. The van der Waals surface area contributed by atoms with Crippen LogP contribution in [0.5, 0.6) is 0 Å². The number of nitrogens with zero attached hydrogens (tertiary/aromatic N) is 5. The normalized spacial score (nSPS) is 16.7. The van der Waals surface area contributed by atoms with Crippen molar-refractivity contribution in [3.63, 3.8) is 0 Å². The summed E-state index contributed by atoms with van der Waals surface area (Å²) in [6.45, 7) is 12.6. The Morgan fingerprint density at radius 1 is 0.973 bits per heavy atom. The van der Waals surface area contributed by atoms with Crippen LogP contribution < -0.4 is 5.32 Å². The van der Waals surface area contributed by atoms with E-state index in [1.54, 1.807) is 0 Å². The highest BCUT2D eigenvalue weighted by atomic mass is 16.5. The minimum Gasteiger partial charge on any atom is -0.379 e. The summed E-state index contributed by atoms with van der Waals surface area (Å²) < 4.78 is 9.19. The lowest BCUT2D eigenvalue weighted by molar-refractivity contribution is 0.109. The topological polar surface area (TPSA) is 69.8 Å². The fourth-order valence-corrected chi connectivity index (χ4v) is 4.70. The zero-order valence-electron chi connectivity index (χ0n) is 22.8.